The van der Waals surface area contributed by atoms with Crippen molar-refractivity contribution in [2.45, 2.75) is 6.92 Å². The summed E-state index contributed by atoms with van der Waals surface area (Å²) in [5.41, 5.74) is 0. The summed E-state index contributed by atoms with van der Waals surface area (Å²) >= 11 is 6.12. The number of benzene rings is 2. The lowest BCUT2D eigenvalue weighted by Crippen LogP contribution is -2.12. The van der Waals surface area contributed by atoms with Crippen LogP contribution in [0.3, 0.4) is 0 Å². The minimum absolute atomic E-state index is 0.129. The molecule has 2 nitrogen and oxygen atoms in total. The molecule has 2 aromatic rings. The van der Waals surface area contributed by atoms with E-state index in [-0.39, 0.29) is 12.5 Å². The van der Waals surface area contributed by atoms with E-state index in [9.17, 15) is 0 Å². The van der Waals surface area contributed by atoms with Crippen molar-refractivity contribution >= 4 is 22.4 Å². The average Bonchev–Trinajstić information content (AvgIpc) is 2.38. The Morgan fingerprint density at radius 1 is 1.18 bits per heavy atom. The van der Waals surface area contributed by atoms with Crippen molar-refractivity contribution in [3.63, 3.8) is 0 Å². The Balaban J connectivity index is 2.32. The number of rotatable bonds is 4. The highest BCUT2D eigenvalue weighted by Gasteiger charge is 2.07. The van der Waals surface area contributed by atoms with Crippen LogP contribution in [0.15, 0.2) is 36.4 Å². The summed E-state index contributed by atoms with van der Waals surface area (Å²) < 4.78 is 5.71. The van der Waals surface area contributed by atoms with E-state index in [1.165, 1.54) is 0 Å². The van der Waals surface area contributed by atoms with Gasteiger partial charge in [0.1, 0.15) is 5.75 Å². The maximum atomic E-state index is 8.97. The molecular formula is C14H15ClO2. The van der Waals surface area contributed by atoms with Crippen molar-refractivity contribution in [2.75, 3.05) is 13.2 Å². The van der Waals surface area contributed by atoms with Crippen LogP contribution in [0.25, 0.3) is 10.8 Å². The molecule has 0 aromatic heterocycles. The summed E-state index contributed by atoms with van der Waals surface area (Å²) in [6.45, 7) is 2.58. The molecule has 0 aliphatic rings. The van der Waals surface area contributed by atoms with Crippen LogP contribution >= 0.6 is 11.6 Å². The second-order valence-corrected chi connectivity index (χ2v) is 4.60. The number of aliphatic hydroxyl groups excluding tert-OH is 1. The largest absolute Gasteiger partial charge is 0.493 e. The Kier molecular flexibility index (Phi) is 3.87. The molecule has 0 bridgehead atoms. The first-order chi connectivity index (χ1) is 8.22. The van der Waals surface area contributed by atoms with E-state index in [1.807, 2.05) is 43.3 Å². The monoisotopic (exact) mass is 250 g/mol. The maximum absolute atomic E-state index is 8.97. The fourth-order valence-electron chi connectivity index (χ4n) is 1.65. The third-order valence-corrected chi connectivity index (χ3v) is 3.00. The van der Waals surface area contributed by atoms with Crippen LogP contribution < -0.4 is 4.74 Å². The number of hydrogen-bond acceptors (Lipinski definition) is 2. The van der Waals surface area contributed by atoms with Crippen LogP contribution in [-0.4, -0.2) is 18.3 Å². The van der Waals surface area contributed by atoms with Crippen molar-refractivity contribution < 1.29 is 9.84 Å². The van der Waals surface area contributed by atoms with E-state index in [2.05, 4.69) is 0 Å². The summed E-state index contributed by atoms with van der Waals surface area (Å²) in [5, 5.41) is 11.7. The van der Waals surface area contributed by atoms with Crippen LogP contribution in [0.5, 0.6) is 5.75 Å². The number of fused-ring (bicyclic) bond motifs is 1. The molecule has 0 aliphatic heterocycles. The Bertz CT molecular complexity index is 511. The topological polar surface area (TPSA) is 29.5 Å². The quantitative estimate of drug-likeness (QED) is 0.900. The highest BCUT2D eigenvalue weighted by molar-refractivity contribution is 6.35. The number of ether oxygens (including phenoxy) is 1. The first-order valence-corrected chi connectivity index (χ1v) is 6.01. The molecule has 0 saturated carbocycles. The number of aliphatic hydroxyl groups is 1. The van der Waals surface area contributed by atoms with Crippen molar-refractivity contribution in [1.29, 1.82) is 0 Å². The lowest BCUT2D eigenvalue weighted by Gasteiger charge is -2.13. The molecule has 2 aromatic carbocycles. The molecule has 17 heavy (non-hydrogen) atoms. The molecule has 90 valence electrons. The Labute approximate surface area is 106 Å². The lowest BCUT2D eigenvalue weighted by atomic mass is 10.1. The molecule has 0 heterocycles. The second kappa shape index (κ2) is 5.39. The lowest BCUT2D eigenvalue weighted by molar-refractivity contribution is 0.175. The van der Waals surface area contributed by atoms with Crippen molar-refractivity contribution in [2.24, 2.45) is 5.92 Å². The van der Waals surface area contributed by atoms with E-state index < -0.39 is 0 Å². The minimum atomic E-state index is 0.129. The van der Waals surface area contributed by atoms with Gasteiger partial charge in [-0.3, -0.25) is 0 Å². The van der Waals surface area contributed by atoms with E-state index in [1.54, 1.807) is 0 Å². The normalized spacial score (nSPS) is 12.6. The number of halogens is 1. The molecule has 0 saturated heterocycles. The molecule has 1 N–H and O–H groups in total. The zero-order valence-electron chi connectivity index (χ0n) is 9.69. The van der Waals surface area contributed by atoms with Gasteiger partial charge in [-0.25, -0.2) is 0 Å². The summed E-state index contributed by atoms with van der Waals surface area (Å²) in [5.74, 6) is 0.940. The summed E-state index contributed by atoms with van der Waals surface area (Å²) in [6.07, 6.45) is 0. The molecule has 2 rings (SSSR count). The Morgan fingerprint density at radius 3 is 2.59 bits per heavy atom. The zero-order valence-corrected chi connectivity index (χ0v) is 10.4. The van der Waals surface area contributed by atoms with E-state index in [0.29, 0.717) is 6.61 Å². The van der Waals surface area contributed by atoms with Gasteiger partial charge in [-0.1, -0.05) is 42.8 Å². The van der Waals surface area contributed by atoms with Gasteiger partial charge in [-0.15, -0.1) is 0 Å². The van der Waals surface area contributed by atoms with Gasteiger partial charge in [0.2, 0.25) is 0 Å². The summed E-state index contributed by atoms with van der Waals surface area (Å²) in [4.78, 5) is 0. The smallest absolute Gasteiger partial charge is 0.127 e. The molecule has 0 amide bonds. The molecule has 0 aliphatic carbocycles. The fraction of sp³-hybridized carbons (Fsp3) is 0.286. The van der Waals surface area contributed by atoms with Gasteiger partial charge in [0.25, 0.3) is 0 Å². The Morgan fingerprint density at radius 2 is 1.88 bits per heavy atom. The van der Waals surface area contributed by atoms with Crippen molar-refractivity contribution in [3.05, 3.63) is 41.4 Å². The number of hydrogen-bond donors (Lipinski definition) is 1. The molecular weight excluding hydrogens is 236 g/mol. The zero-order chi connectivity index (χ0) is 12.3. The molecule has 1 atom stereocenters. The standard InChI is InChI=1S/C14H15ClO2/c1-10(8-16)9-17-14-7-6-13(15)11-4-2-3-5-12(11)14/h2-7,10,16H,8-9H2,1H3/t10-/m1/s1. The highest BCUT2D eigenvalue weighted by Crippen LogP contribution is 2.31. The fourth-order valence-corrected chi connectivity index (χ4v) is 1.87. The summed E-state index contributed by atoms with van der Waals surface area (Å²) in [7, 11) is 0. The van der Waals surface area contributed by atoms with Gasteiger partial charge >= 0.3 is 0 Å². The minimum Gasteiger partial charge on any atom is -0.493 e. The van der Waals surface area contributed by atoms with E-state index >= 15 is 0 Å². The van der Waals surface area contributed by atoms with Crippen LogP contribution in [0.2, 0.25) is 5.02 Å². The second-order valence-electron chi connectivity index (χ2n) is 4.19. The van der Waals surface area contributed by atoms with E-state index in [4.69, 9.17) is 21.4 Å². The van der Waals surface area contributed by atoms with Crippen LogP contribution in [0.4, 0.5) is 0 Å². The van der Waals surface area contributed by atoms with Gasteiger partial charge in [-0.05, 0) is 12.1 Å². The third kappa shape index (κ3) is 2.71. The molecule has 0 fully saturated rings. The molecule has 0 radical (unpaired) electrons. The first kappa shape index (κ1) is 12.2. The highest BCUT2D eigenvalue weighted by atomic mass is 35.5. The predicted molar refractivity (Wildman–Crippen MR) is 70.7 cm³/mol. The van der Waals surface area contributed by atoms with Gasteiger partial charge in [0.05, 0.1) is 6.61 Å². The van der Waals surface area contributed by atoms with Crippen LogP contribution in [0, 0.1) is 5.92 Å². The van der Waals surface area contributed by atoms with Gasteiger partial charge in [0, 0.05) is 28.3 Å². The van der Waals surface area contributed by atoms with Gasteiger partial charge < -0.3 is 9.84 Å². The van der Waals surface area contributed by atoms with E-state index in [0.717, 1.165) is 21.5 Å². The molecule has 3 heteroatoms. The third-order valence-electron chi connectivity index (χ3n) is 2.67. The van der Waals surface area contributed by atoms with Crippen LogP contribution in [-0.2, 0) is 0 Å². The maximum Gasteiger partial charge on any atom is 0.127 e. The van der Waals surface area contributed by atoms with Crippen molar-refractivity contribution in [3.8, 4) is 5.75 Å². The first-order valence-electron chi connectivity index (χ1n) is 5.63. The van der Waals surface area contributed by atoms with Crippen molar-refractivity contribution in [1.82, 2.24) is 0 Å². The molecule has 0 unspecified atom stereocenters. The predicted octanol–water partition coefficient (Wildman–Crippen LogP) is 3.50. The Hall–Kier alpha value is -1.25. The SMILES string of the molecule is C[C@H](CO)COc1ccc(Cl)c2ccccc12. The van der Waals surface area contributed by atoms with Gasteiger partial charge in [-0.2, -0.15) is 0 Å². The van der Waals surface area contributed by atoms with Crippen LogP contribution in [0.1, 0.15) is 6.92 Å². The van der Waals surface area contributed by atoms with Gasteiger partial charge in [0.15, 0.2) is 0 Å². The molecule has 0 spiro atoms. The summed E-state index contributed by atoms with van der Waals surface area (Å²) in [6, 6.07) is 11.6. The average molecular weight is 251 g/mol.